The molecule has 3 heteroatoms. The minimum Gasteiger partial charge on any atom is -0.384 e. The van der Waals surface area contributed by atoms with E-state index in [1.54, 1.807) is 7.11 Å². The molecule has 0 aliphatic heterocycles. The van der Waals surface area contributed by atoms with Crippen molar-refractivity contribution in [2.45, 2.75) is 25.6 Å². The van der Waals surface area contributed by atoms with E-state index in [0.29, 0.717) is 31.8 Å². The standard InChI is InChI=1S/C15H22O3/c1-16-11-14-9-15(10-14)18-8-7-17-12-13-5-3-2-4-6-13/h2-6,14-15H,7-12H2,1H3. The zero-order valence-corrected chi connectivity index (χ0v) is 11.0. The van der Waals surface area contributed by atoms with Crippen molar-refractivity contribution < 1.29 is 14.2 Å². The van der Waals surface area contributed by atoms with Crippen LogP contribution in [0.3, 0.4) is 0 Å². The smallest absolute Gasteiger partial charge is 0.0718 e. The molecule has 0 N–H and O–H groups in total. The zero-order valence-electron chi connectivity index (χ0n) is 11.0. The van der Waals surface area contributed by atoms with Gasteiger partial charge in [-0.1, -0.05) is 30.3 Å². The van der Waals surface area contributed by atoms with Gasteiger partial charge in [-0.25, -0.2) is 0 Å². The van der Waals surface area contributed by atoms with Crippen molar-refractivity contribution in [3.05, 3.63) is 35.9 Å². The van der Waals surface area contributed by atoms with Gasteiger partial charge in [-0.2, -0.15) is 0 Å². The van der Waals surface area contributed by atoms with Crippen molar-refractivity contribution in [3.63, 3.8) is 0 Å². The van der Waals surface area contributed by atoms with Gasteiger partial charge in [0.1, 0.15) is 0 Å². The van der Waals surface area contributed by atoms with E-state index in [2.05, 4.69) is 12.1 Å². The lowest BCUT2D eigenvalue weighted by Gasteiger charge is -2.34. The lowest BCUT2D eigenvalue weighted by atomic mass is 9.83. The summed E-state index contributed by atoms with van der Waals surface area (Å²) in [6.45, 7) is 2.89. The molecular weight excluding hydrogens is 228 g/mol. The van der Waals surface area contributed by atoms with Gasteiger partial charge in [0, 0.05) is 13.7 Å². The summed E-state index contributed by atoms with van der Waals surface area (Å²) in [5, 5.41) is 0. The molecule has 0 saturated heterocycles. The first-order valence-electron chi connectivity index (χ1n) is 6.60. The predicted octanol–water partition coefficient (Wildman–Crippen LogP) is 2.64. The van der Waals surface area contributed by atoms with Crippen LogP contribution in [0.1, 0.15) is 18.4 Å². The first-order chi connectivity index (χ1) is 8.88. The molecule has 0 unspecified atom stereocenters. The van der Waals surface area contributed by atoms with Gasteiger partial charge in [0.05, 0.1) is 25.9 Å². The highest BCUT2D eigenvalue weighted by Crippen LogP contribution is 2.29. The van der Waals surface area contributed by atoms with E-state index >= 15 is 0 Å². The van der Waals surface area contributed by atoms with Crippen molar-refractivity contribution in [2.24, 2.45) is 5.92 Å². The molecule has 0 spiro atoms. The van der Waals surface area contributed by atoms with Crippen LogP contribution in [0, 0.1) is 5.92 Å². The highest BCUT2D eigenvalue weighted by atomic mass is 16.5. The molecule has 0 heterocycles. The predicted molar refractivity (Wildman–Crippen MR) is 70.4 cm³/mol. The van der Waals surface area contributed by atoms with Gasteiger partial charge >= 0.3 is 0 Å². The third kappa shape index (κ3) is 4.41. The lowest BCUT2D eigenvalue weighted by Crippen LogP contribution is -2.34. The van der Waals surface area contributed by atoms with Crippen molar-refractivity contribution in [1.29, 1.82) is 0 Å². The van der Waals surface area contributed by atoms with Crippen LogP contribution in [0.15, 0.2) is 30.3 Å². The molecule has 1 aliphatic rings. The van der Waals surface area contributed by atoms with E-state index in [-0.39, 0.29) is 0 Å². The highest BCUT2D eigenvalue weighted by molar-refractivity contribution is 5.13. The summed E-state index contributed by atoms with van der Waals surface area (Å²) < 4.78 is 16.4. The number of rotatable bonds is 8. The van der Waals surface area contributed by atoms with E-state index in [1.165, 1.54) is 5.56 Å². The summed E-state index contributed by atoms with van der Waals surface area (Å²) in [4.78, 5) is 0. The third-order valence-corrected chi connectivity index (χ3v) is 3.29. The van der Waals surface area contributed by atoms with E-state index < -0.39 is 0 Å². The van der Waals surface area contributed by atoms with Gasteiger partial charge in [0.15, 0.2) is 0 Å². The molecule has 18 heavy (non-hydrogen) atoms. The second-order valence-electron chi connectivity index (χ2n) is 4.82. The molecule has 0 bridgehead atoms. The molecule has 1 fully saturated rings. The molecule has 0 atom stereocenters. The van der Waals surface area contributed by atoms with Crippen molar-refractivity contribution in [1.82, 2.24) is 0 Å². The second-order valence-corrected chi connectivity index (χ2v) is 4.82. The Balaban J connectivity index is 1.45. The van der Waals surface area contributed by atoms with Crippen molar-refractivity contribution >= 4 is 0 Å². The van der Waals surface area contributed by atoms with Gasteiger partial charge in [0.2, 0.25) is 0 Å². The first-order valence-corrected chi connectivity index (χ1v) is 6.60. The van der Waals surface area contributed by atoms with Crippen LogP contribution in [0.4, 0.5) is 0 Å². The van der Waals surface area contributed by atoms with Crippen molar-refractivity contribution in [3.8, 4) is 0 Å². The molecule has 3 nitrogen and oxygen atoms in total. The topological polar surface area (TPSA) is 27.7 Å². The monoisotopic (exact) mass is 250 g/mol. The Morgan fingerprint density at radius 2 is 1.89 bits per heavy atom. The normalized spacial score (nSPS) is 22.7. The maximum absolute atomic E-state index is 5.71. The van der Waals surface area contributed by atoms with Crippen LogP contribution in [-0.4, -0.2) is 33.0 Å². The van der Waals surface area contributed by atoms with Gasteiger partial charge in [-0.05, 0) is 24.3 Å². The molecule has 1 aromatic rings. The van der Waals surface area contributed by atoms with E-state index in [9.17, 15) is 0 Å². The maximum atomic E-state index is 5.71. The SMILES string of the molecule is COCC1CC(OCCOCc2ccccc2)C1. The quantitative estimate of drug-likeness (QED) is 0.664. The summed E-state index contributed by atoms with van der Waals surface area (Å²) in [5.41, 5.74) is 1.21. The molecule has 1 saturated carbocycles. The maximum Gasteiger partial charge on any atom is 0.0718 e. The van der Waals surface area contributed by atoms with Crippen LogP contribution in [0.2, 0.25) is 0 Å². The van der Waals surface area contributed by atoms with Crippen LogP contribution in [0.5, 0.6) is 0 Å². The Kier molecular flexibility index (Phi) is 5.65. The molecule has 1 aromatic carbocycles. The minimum absolute atomic E-state index is 0.422. The fourth-order valence-corrected chi connectivity index (χ4v) is 2.22. The van der Waals surface area contributed by atoms with Crippen LogP contribution in [-0.2, 0) is 20.8 Å². The van der Waals surface area contributed by atoms with Crippen LogP contribution >= 0.6 is 0 Å². The third-order valence-electron chi connectivity index (χ3n) is 3.29. The Hall–Kier alpha value is -0.900. The van der Waals surface area contributed by atoms with Gasteiger partial charge in [-0.15, -0.1) is 0 Å². The minimum atomic E-state index is 0.422. The molecule has 2 rings (SSSR count). The Morgan fingerprint density at radius 1 is 1.11 bits per heavy atom. The first kappa shape index (κ1) is 13.5. The number of hydrogen-bond donors (Lipinski definition) is 0. The average Bonchev–Trinajstić information content (AvgIpc) is 2.36. The molecule has 1 aliphatic carbocycles. The molecular formula is C15H22O3. The fourth-order valence-electron chi connectivity index (χ4n) is 2.22. The molecule has 0 radical (unpaired) electrons. The van der Waals surface area contributed by atoms with Crippen molar-refractivity contribution in [2.75, 3.05) is 26.9 Å². The lowest BCUT2D eigenvalue weighted by molar-refractivity contribution is -0.0684. The summed E-state index contributed by atoms with van der Waals surface area (Å²) in [5.74, 6) is 0.699. The van der Waals surface area contributed by atoms with E-state index in [4.69, 9.17) is 14.2 Å². The number of ether oxygens (including phenoxy) is 3. The number of benzene rings is 1. The molecule has 100 valence electrons. The summed E-state index contributed by atoms with van der Waals surface area (Å²) in [7, 11) is 1.76. The average molecular weight is 250 g/mol. The van der Waals surface area contributed by atoms with Crippen LogP contribution in [0.25, 0.3) is 0 Å². The zero-order chi connectivity index (χ0) is 12.6. The van der Waals surface area contributed by atoms with Gasteiger partial charge < -0.3 is 14.2 Å². The summed E-state index contributed by atoms with van der Waals surface area (Å²) in [6, 6.07) is 10.2. The highest BCUT2D eigenvalue weighted by Gasteiger charge is 2.29. The Labute approximate surface area is 109 Å². The second kappa shape index (κ2) is 7.52. The fraction of sp³-hybridized carbons (Fsp3) is 0.600. The summed E-state index contributed by atoms with van der Waals surface area (Å²) >= 11 is 0. The number of methoxy groups -OCH3 is 1. The molecule has 0 amide bonds. The number of hydrogen-bond acceptors (Lipinski definition) is 3. The molecule has 0 aromatic heterocycles. The van der Waals surface area contributed by atoms with Gasteiger partial charge in [0.25, 0.3) is 0 Å². The van der Waals surface area contributed by atoms with E-state index in [0.717, 1.165) is 19.4 Å². The Bertz CT molecular complexity index is 320. The summed E-state index contributed by atoms with van der Waals surface area (Å²) in [6.07, 6.45) is 2.68. The van der Waals surface area contributed by atoms with Gasteiger partial charge in [-0.3, -0.25) is 0 Å². The Morgan fingerprint density at radius 3 is 2.61 bits per heavy atom. The van der Waals surface area contributed by atoms with Crippen LogP contribution < -0.4 is 0 Å². The largest absolute Gasteiger partial charge is 0.384 e. The van der Waals surface area contributed by atoms with E-state index in [1.807, 2.05) is 18.2 Å².